The molecule has 0 atom stereocenters. The minimum absolute atomic E-state index is 0.0535. The van der Waals surface area contributed by atoms with E-state index in [4.69, 9.17) is 4.74 Å². The van der Waals surface area contributed by atoms with Crippen LogP contribution < -0.4 is 0 Å². The van der Waals surface area contributed by atoms with E-state index in [-0.39, 0.29) is 5.91 Å². The van der Waals surface area contributed by atoms with E-state index in [1.54, 1.807) is 43.0 Å². The molecule has 1 heterocycles. The summed E-state index contributed by atoms with van der Waals surface area (Å²) in [5.74, 6) is 0.0535. The Kier molecular flexibility index (Phi) is 5.00. The van der Waals surface area contributed by atoms with E-state index >= 15 is 0 Å². The predicted molar refractivity (Wildman–Crippen MR) is 79.9 cm³/mol. The topological polar surface area (TPSA) is 63.7 Å². The molecule has 2 rings (SSSR count). The third-order valence-electron chi connectivity index (χ3n) is 3.59. The Morgan fingerprint density at radius 1 is 1.19 bits per heavy atom. The van der Waals surface area contributed by atoms with E-state index in [0.717, 1.165) is 5.56 Å². The van der Waals surface area contributed by atoms with Crippen LogP contribution in [0, 0.1) is 0 Å². The second-order valence-electron chi connectivity index (χ2n) is 5.41. The summed E-state index contributed by atoms with van der Waals surface area (Å²) in [6, 6.07) is 6.59. The van der Waals surface area contributed by atoms with Gasteiger partial charge >= 0.3 is 0 Å². The van der Waals surface area contributed by atoms with Crippen LogP contribution in [0.3, 0.4) is 0 Å². The first kappa shape index (κ1) is 16.0. The number of nitrogens with zero attached hydrogens (tertiary/aromatic N) is 1. The highest BCUT2D eigenvalue weighted by molar-refractivity contribution is 7.92. The van der Waals surface area contributed by atoms with Crippen LogP contribution in [-0.4, -0.2) is 50.8 Å². The summed E-state index contributed by atoms with van der Waals surface area (Å²) in [6.07, 6.45) is 0.294. The lowest BCUT2D eigenvalue weighted by molar-refractivity contribution is -0.134. The molecule has 0 radical (unpaired) electrons. The SMILES string of the molecule is CC(C)S(=O)(=O)c1ccc(CC(=O)N2CCOCC2)cc1. The molecule has 0 saturated carbocycles. The van der Waals surface area contributed by atoms with Gasteiger partial charge in [-0.25, -0.2) is 8.42 Å². The van der Waals surface area contributed by atoms with Crippen molar-refractivity contribution in [1.29, 1.82) is 0 Å². The van der Waals surface area contributed by atoms with Crippen molar-refractivity contribution in [1.82, 2.24) is 4.90 Å². The van der Waals surface area contributed by atoms with Crippen LogP contribution in [0.5, 0.6) is 0 Å². The zero-order valence-electron chi connectivity index (χ0n) is 12.4. The van der Waals surface area contributed by atoms with Crippen LogP contribution >= 0.6 is 0 Å². The first-order chi connectivity index (χ1) is 9.91. The molecule has 1 amide bonds. The van der Waals surface area contributed by atoms with Crippen molar-refractivity contribution in [3.05, 3.63) is 29.8 Å². The molecule has 0 aliphatic carbocycles. The van der Waals surface area contributed by atoms with Crippen LogP contribution in [0.1, 0.15) is 19.4 Å². The van der Waals surface area contributed by atoms with E-state index < -0.39 is 15.1 Å². The molecule has 0 spiro atoms. The van der Waals surface area contributed by atoms with E-state index in [2.05, 4.69) is 0 Å². The number of benzene rings is 1. The van der Waals surface area contributed by atoms with Crippen molar-refractivity contribution < 1.29 is 17.9 Å². The lowest BCUT2D eigenvalue weighted by Gasteiger charge is -2.26. The monoisotopic (exact) mass is 311 g/mol. The van der Waals surface area contributed by atoms with Gasteiger partial charge < -0.3 is 9.64 Å². The molecule has 5 nitrogen and oxygen atoms in total. The van der Waals surface area contributed by atoms with Crippen molar-refractivity contribution in [2.75, 3.05) is 26.3 Å². The summed E-state index contributed by atoms with van der Waals surface area (Å²) < 4.78 is 29.3. The van der Waals surface area contributed by atoms with Gasteiger partial charge in [0.2, 0.25) is 5.91 Å². The van der Waals surface area contributed by atoms with Gasteiger partial charge in [0.15, 0.2) is 9.84 Å². The minimum Gasteiger partial charge on any atom is -0.378 e. The average Bonchev–Trinajstić information content (AvgIpc) is 2.48. The van der Waals surface area contributed by atoms with Crippen LogP contribution in [0.25, 0.3) is 0 Å². The standard InChI is InChI=1S/C15H21NO4S/c1-12(2)21(18,19)14-5-3-13(4-6-14)11-15(17)16-7-9-20-10-8-16/h3-6,12H,7-11H2,1-2H3. The summed E-state index contributed by atoms with van der Waals surface area (Å²) in [5, 5.41) is -0.446. The first-order valence-corrected chi connectivity index (χ1v) is 8.64. The molecule has 1 aromatic carbocycles. The number of amides is 1. The van der Waals surface area contributed by atoms with Crippen LogP contribution in [0.15, 0.2) is 29.2 Å². The van der Waals surface area contributed by atoms with Crippen molar-refractivity contribution in [3.63, 3.8) is 0 Å². The quantitative estimate of drug-likeness (QED) is 0.840. The van der Waals surface area contributed by atoms with Crippen molar-refractivity contribution in [2.24, 2.45) is 0 Å². The summed E-state index contributed by atoms with van der Waals surface area (Å²) in [4.78, 5) is 14.2. The van der Waals surface area contributed by atoms with Crippen LogP contribution in [-0.2, 0) is 25.8 Å². The molecule has 0 unspecified atom stereocenters. The van der Waals surface area contributed by atoms with E-state index in [0.29, 0.717) is 37.6 Å². The molecule has 21 heavy (non-hydrogen) atoms. The van der Waals surface area contributed by atoms with Gasteiger partial charge in [-0.3, -0.25) is 4.79 Å². The number of carbonyl (C=O) groups excluding carboxylic acids is 1. The third kappa shape index (κ3) is 3.83. The zero-order valence-corrected chi connectivity index (χ0v) is 13.2. The number of hydrogen-bond donors (Lipinski definition) is 0. The molecule has 1 aliphatic heterocycles. The number of ether oxygens (including phenoxy) is 1. The van der Waals surface area contributed by atoms with E-state index in [9.17, 15) is 13.2 Å². The highest BCUT2D eigenvalue weighted by atomic mass is 32.2. The van der Waals surface area contributed by atoms with Crippen molar-refractivity contribution >= 4 is 15.7 Å². The smallest absolute Gasteiger partial charge is 0.227 e. The highest BCUT2D eigenvalue weighted by Crippen LogP contribution is 2.17. The Labute approximate surface area is 125 Å². The van der Waals surface area contributed by atoms with Gasteiger partial charge in [-0.05, 0) is 31.5 Å². The average molecular weight is 311 g/mol. The van der Waals surface area contributed by atoms with Gasteiger partial charge in [-0.1, -0.05) is 12.1 Å². The van der Waals surface area contributed by atoms with Crippen molar-refractivity contribution in [3.8, 4) is 0 Å². The fraction of sp³-hybridized carbons (Fsp3) is 0.533. The van der Waals surface area contributed by atoms with Gasteiger partial charge in [0.1, 0.15) is 0 Å². The molecule has 1 aliphatic rings. The number of sulfone groups is 1. The first-order valence-electron chi connectivity index (χ1n) is 7.09. The molecule has 116 valence electrons. The normalized spacial score (nSPS) is 16.2. The summed E-state index contributed by atoms with van der Waals surface area (Å²) in [6.45, 7) is 5.72. The Morgan fingerprint density at radius 3 is 2.29 bits per heavy atom. The molecule has 0 N–H and O–H groups in total. The maximum Gasteiger partial charge on any atom is 0.227 e. The third-order valence-corrected chi connectivity index (χ3v) is 5.76. The van der Waals surface area contributed by atoms with Crippen LogP contribution in [0.4, 0.5) is 0 Å². The fourth-order valence-corrected chi connectivity index (χ4v) is 3.23. The molecule has 1 aromatic rings. The molecule has 1 saturated heterocycles. The Morgan fingerprint density at radius 2 is 1.76 bits per heavy atom. The Balaban J connectivity index is 2.04. The number of rotatable bonds is 4. The molecule has 6 heteroatoms. The second kappa shape index (κ2) is 6.58. The van der Waals surface area contributed by atoms with Gasteiger partial charge in [-0.15, -0.1) is 0 Å². The number of carbonyl (C=O) groups is 1. The fourth-order valence-electron chi connectivity index (χ4n) is 2.17. The molecule has 0 aromatic heterocycles. The highest BCUT2D eigenvalue weighted by Gasteiger charge is 2.20. The minimum atomic E-state index is -3.25. The molecule has 0 bridgehead atoms. The number of hydrogen-bond acceptors (Lipinski definition) is 4. The molecule has 1 fully saturated rings. The van der Waals surface area contributed by atoms with Gasteiger partial charge in [-0.2, -0.15) is 0 Å². The van der Waals surface area contributed by atoms with Gasteiger partial charge in [0, 0.05) is 13.1 Å². The number of morpholine rings is 1. The summed E-state index contributed by atoms with van der Waals surface area (Å²) in [5.41, 5.74) is 0.828. The summed E-state index contributed by atoms with van der Waals surface area (Å²) >= 11 is 0. The van der Waals surface area contributed by atoms with Gasteiger partial charge in [0.25, 0.3) is 0 Å². The van der Waals surface area contributed by atoms with E-state index in [1.165, 1.54) is 0 Å². The largest absolute Gasteiger partial charge is 0.378 e. The van der Waals surface area contributed by atoms with Crippen LogP contribution in [0.2, 0.25) is 0 Å². The predicted octanol–water partition coefficient (Wildman–Crippen LogP) is 1.27. The Bertz CT molecular complexity index is 587. The maximum absolute atomic E-state index is 12.1. The molecular weight excluding hydrogens is 290 g/mol. The maximum atomic E-state index is 12.1. The van der Waals surface area contributed by atoms with E-state index in [1.807, 2.05) is 0 Å². The molecular formula is C15H21NO4S. The zero-order chi connectivity index (χ0) is 15.5. The van der Waals surface area contributed by atoms with Crippen molar-refractivity contribution in [2.45, 2.75) is 30.4 Å². The second-order valence-corrected chi connectivity index (χ2v) is 7.91. The Hall–Kier alpha value is -1.40. The summed E-state index contributed by atoms with van der Waals surface area (Å²) in [7, 11) is -3.25. The lowest BCUT2D eigenvalue weighted by Crippen LogP contribution is -2.41. The lowest BCUT2D eigenvalue weighted by atomic mass is 10.1. The van der Waals surface area contributed by atoms with Gasteiger partial charge in [0.05, 0.1) is 29.8 Å².